The molecule has 10 heavy (non-hydrogen) atoms. The van der Waals surface area contributed by atoms with Gasteiger partial charge in [-0.25, -0.2) is 0 Å². The van der Waals surface area contributed by atoms with Crippen LogP contribution in [0.1, 0.15) is 32.6 Å². The van der Waals surface area contributed by atoms with Crippen molar-refractivity contribution in [3.63, 3.8) is 0 Å². The van der Waals surface area contributed by atoms with Gasteiger partial charge in [0.2, 0.25) is 0 Å². The lowest BCUT2D eigenvalue weighted by Gasteiger charge is -2.13. The molecule has 0 amide bonds. The van der Waals surface area contributed by atoms with Crippen molar-refractivity contribution in [3.8, 4) is 6.07 Å². The third-order valence-electron chi connectivity index (χ3n) is 2.08. The van der Waals surface area contributed by atoms with E-state index in [4.69, 9.17) is 5.26 Å². The Balaban J connectivity index is 2.55. The summed E-state index contributed by atoms with van der Waals surface area (Å²) < 4.78 is 0. The Hall–Kier alpha value is -0.770. The number of nitrogens with zero attached hydrogens (tertiary/aromatic N) is 1. The van der Waals surface area contributed by atoms with Gasteiger partial charge in [-0.05, 0) is 32.6 Å². The maximum Gasteiger partial charge on any atom is 0.0697 e. The smallest absolute Gasteiger partial charge is 0.0697 e. The lowest BCUT2D eigenvalue weighted by molar-refractivity contribution is 0.651. The van der Waals surface area contributed by atoms with Crippen molar-refractivity contribution >= 4 is 0 Å². The fourth-order valence-corrected chi connectivity index (χ4v) is 1.34. The fourth-order valence-electron chi connectivity index (χ4n) is 1.34. The first kappa shape index (κ1) is 7.34. The second kappa shape index (κ2) is 3.41. The molecule has 54 valence electrons. The van der Waals surface area contributed by atoms with Gasteiger partial charge >= 0.3 is 0 Å². The summed E-state index contributed by atoms with van der Waals surface area (Å²) in [5, 5.41) is 8.60. The fraction of sp³-hybridized carbons (Fsp3) is 0.667. The van der Waals surface area contributed by atoms with Crippen LogP contribution < -0.4 is 0 Å². The van der Waals surface area contributed by atoms with Crippen molar-refractivity contribution in [1.82, 2.24) is 0 Å². The molecule has 0 radical (unpaired) electrons. The molecule has 0 N–H and O–H groups in total. The highest BCUT2D eigenvalue weighted by Crippen LogP contribution is 2.23. The van der Waals surface area contributed by atoms with Crippen molar-refractivity contribution in [2.24, 2.45) is 5.92 Å². The summed E-state index contributed by atoms with van der Waals surface area (Å²) in [4.78, 5) is 0. The van der Waals surface area contributed by atoms with E-state index < -0.39 is 0 Å². The highest BCUT2D eigenvalue weighted by Gasteiger charge is 2.09. The van der Waals surface area contributed by atoms with Gasteiger partial charge in [-0.3, -0.25) is 0 Å². The third kappa shape index (κ3) is 1.60. The molecule has 1 aliphatic rings. The molecule has 0 aromatic carbocycles. The number of hydrogen-bond acceptors (Lipinski definition) is 1. The Kier molecular flexibility index (Phi) is 2.50. The molecule has 0 saturated carbocycles. The van der Waals surface area contributed by atoms with Crippen LogP contribution in [0.5, 0.6) is 0 Å². The summed E-state index contributed by atoms with van der Waals surface area (Å²) in [6, 6.07) is 2.27. The number of allylic oxidation sites excluding steroid dienone is 2. The number of rotatable bonds is 1. The molecule has 0 fully saturated rings. The molecule has 0 aromatic heterocycles. The van der Waals surface area contributed by atoms with Crippen LogP contribution in [0.25, 0.3) is 0 Å². The van der Waals surface area contributed by atoms with Crippen molar-refractivity contribution in [2.75, 3.05) is 0 Å². The van der Waals surface area contributed by atoms with Crippen LogP contribution in [0.2, 0.25) is 0 Å². The van der Waals surface area contributed by atoms with Crippen molar-refractivity contribution in [2.45, 2.75) is 32.6 Å². The highest BCUT2D eigenvalue weighted by molar-refractivity contribution is 5.14. The Morgan fingerprint density at radius 1 is 1.60 bits per heavy atom. The van der Waals surface area contributed by atoms with Crippen LogP contribution in [0.4, 0.5) is 0 Å². The monoisotopic (exact) mass is 135 g/mol. The SMILES string of the molecule is CC(C#N)C1=CCCCC1. The maximum atomic E-state index is 8.60. The summed E-state index contributed by atoms with van der Waals surface area (Å²) in [5.74, 6) is 0.153. The van der Waals surface area contributed by atoms with Crippen LogP contribution in [-0.2, 0) is 0 Å². The quantitative estimate of drug-likeness (QED) is 0.507. The average Bonchev–Trinajstić information content (AvgIpc) is 2.05. The molecular formula is C9H13N. The van der Waals surface area contributed by atoms with E-state index in [-0.39, 0.29) is 5.92 Å². The highest BCUT2D eigenvalue weighted by atomic mass is 14.3. The summed E-state index contributed by atoms with van der Waals surface area (Å²) in [6.45, 7) is 1.98. The molecule has 0 heterocycles. The molecule has 1 aliphatic carbocycles. The molecule has 0 spiro atoms. The summed E-state index contributed by atoms with van der Waals surface area (Å²) in [5.41, 5.74) is 1.36. The maximum absolute atomic E-state index is 8.60. The second-order valence-electron chi connectivity index (χ2n) is 2.88. The Morgan fingerprint density at radius 2 is 2.40 bits per heavy atom. The molecular weight excluding hydrogens is 122 g/mol. The molecule has 1 heteroatoms. The summed E-state index contributed by atoms with van der Waals surface area (Å²) in [7, 11) is 0. The first-order valence-corrected chi connectivity index (χ1v) is 3.93. The van der Waals surface area contributed by atoms with Gasteiger partial charge in [-0.2, -0.15) is 5.26 Å². The Labute approximate surface area is 62.4 Å². The van der Waals surface area contributed by atoms with Gasteiger partial charge in [0, 0.05) is 0 Å². The molecule has 1 atom stereocenters. The van der Waals surface area contributed by atoms with Gasteiger partial charge in [-0.1, -0.05) is 11.6 Å². The average molecular weight is 135 g/mol. The zero-order valence-corrected chi connectivity index (χ0v) is 6.43. The van der Waals surface area contributed by atoms with E-state index in [2.05, 4.69) is 12.1 Å². The predicted octanol–water partition coefficient (Wildman–Crippen LogP) is 2.65. The largest absolute Gasteiger partial charge is 0.198 e. The molecule has 0 bridgehead atoms. The number of nitriles is 1. The van der Waals surface area contributed by atoms with Crippen molar-refractivity contribution in [1.29, 1.82) is 5.26 Å². The van der Waals surface area contributed by atoms with Crippen LogP contribution in [-0.4, -0.2) is 0 Å². The van der Waals surface area contributed by atoms with Crippen LogP contribution in [0.15, 0.2) is 11.6 Å². The minimum absolute atomic E-state index is 0.153. The van der Waals surface area contributed by atoms with Gasteiger partial charge in [0.25, 0.3) is 0 Å². The predicted molar refractivity (Wildman–Crippen MR) is 41.3 cm³/mol. The van der Waals surface area contributed by atoms with Gasteiger partial charge in [0.1, 0.15) is 0 Å². The topological polar surface area (TPSA) is 23.8 Å². The molecule has 0 saturated heterocycles. The van der Waals surface area contributed by atoms with Crippen LogP contribution in [0, 0.1) is 17.2 Å². The van der Waals surface area contributed by atoms with Gasteiger partial charge in [0.05, 0.1) is 12.0 Å². The molecule has 1 unspecified atom stereocenters. The van der Waals surface area contributed by atoms with Crippen molar-refractivity contribution in [3.05, 3.63) is 11.6 Å². The first-order valence-electron chi connectivity index (χ1n) is 3.93. The van der Waals surface area contributed by atoms with E-state index in [1.807, 2.05) is 6.92 Å². The number of hydrogen-bond donors (Lipinski definition) is 0. The Bertz CT molecular complexity index is 174. The van der Waals surface area contributed by atoms with Crippen LogP contribution in [0.3, 0.4) is 0 Å². The van der Waals surface area contributed by atoms with Gasteiger partial charge in [-0.15, -0.1) is 0 Å². The van der Waals surface area contributed by atoms with E-state index in [9.17, 15) is 0 Å². The van der Waals surface area contributed by atoms with E-state index in [0.29, 0.717) is 0 Å². The van der Waals surface area contributed by atoms with Gasteiger partial charge < -0.3 is 0 Å². The molecule has 1 nitrogen and oxygen atoms in total. The third-order valence-corrected chi connectivity index (χ3v) is 2.08. The first-order chi connectivity index (χ1) is 4.84. The minimum Gasteiger partial charge on any atom is -0.198 e. The van der Waals surface area contributed by atoms with Crippen LogP contribution >= 0.6 is 0 Å². The molecule has 1 rings (SSSR count). The zero-order valence-electron chi connectivity index (χ0n) is 6.43. The van der Waals surface area contributed by atoms with E-state index in [1.165, 1.54) is 24.8 Å². The van der Waals surface area contributed by atoms with Crippen molar-refractivity contribution < 1.29 is 0 Å². The van der Waals surface area contributed by atoms with Gasteiger partial charge in [0.15, 0.2) is 0 Å². The molecule has 0 aromatic rings. The lowest BCUT2D eigenvalue weighted by atomic mass is 9.91. The minimum atomic E-state index is 0.153. The summed E-state index contributed by atoms with van der Waals surface area (Å²) >= 11 is 0. The standard InChI is InChI=1S/C9H13N/c1-8(7-10)9-5-3-2-4-6-9/h5,8H,2-4,6H2,1H3. The Morgan fingerprint density at radius 3 is 2.90 bits per heavy atom. The van der Waals surface area contributed by atoms with E-state index >= 15 is 0 Å². The van der Waals surface area contributed by atoms with E-state index in [1.54, 1.807) is 0 Å². The zero-order chi connectivity index (χ0) is 7.40. The van der Waals surface area contributed by atoms with E-state index in [0.717, 1.165) is 6.42 Å². The normalized spacial score (nSPS) is 21.0. The lowest BCUT2D eigenvalue weighted by Crippen LogP contribution is -1.99. The second-order valence-corrected chi connectivity index (χ2v) is 2.88. The molecule has 0 aliphatic heterocycles. The summed E-state index contributed by atoms with van der Waals surface area (Å²) in [6.07, 6.45) is 7.15.